The number of rotatable bonds is 5. The minimum Gasteiger partial charge on any atom is -0.311 e. The lowest BCUT2D eigenvalue weighted by Crippen LogP contribution is -2.46. The summed E-state index contributed by atoms with van der Waals surface area (Å²) >= 11 is 0. The summed E-state index contributed by atoms with van der Waals surface area (Å²) in [5, 5.41) is 0. The number of aryl methyl sites for hydroxylation is 2. The molecule has 2 aromatic carbocycles. The third-order valence-corrected chi connectivity index (χ3v) is 7.10. The Hall–Kier alpha value is -1.66. The average Bonchev–Trinajstić information content (AvgIpc) is 2.74. The molecule has 4 rings (SSSR count). The molecule has 2 aliphatic heterocycles. The van der Waals surface area contributed by atoms with E-state index in [9.17, 15) is 9.18 Å². The highest BCUT2D eigenvalue weighted by molar-refractivity contribution is 5.97. The molecule has 1 amide bonds. The van der Waals surface area contributed by atoms with Crippen LogP contribution in [0.15, 0.2) is 36.4 Å². The van der Waals surface area contributed by atoms with Gasteiger partial charge in [0.2, 0.25) is 5.91 Å². The fraction of sp³-hybridized carbons (Fsp3) is 0.519. The number of likely N-dealkylation sites (N-methyl/N-ethyl adjacent to an activating group) is 1. The van der Waals surface area contributed by atoms with Crippen LogP contribution in [0.25, 0.3) is 0 Å². The van der Waals surface area contributed by atoms with Crippen molar-refractivity contribution in [2.45, 2.75) is 40.2 Å². The van der Waals surface area contributed by atoms with Gasteiger partial charge in [0.15, 0.2) is 0 Å². The van der Waals surface area contributed by atoms with Crippen LogP contribution >= 0.6 is 24.8 Å². The summed E-state index contributed by atoms with van der Waals surface area (Å²) in [7, 11) is 2.18. The van der Waals surface area contributed by atoms with Crippen LogP contribution in [0, 0.1) is 31.5 Å². The summed E-state index contributed by atoms with van der Waals surface area (Å²) < 4.78 is 14.2. The lowest BCUT2D eigenvalue weighted by Gasteiger charge is -2.38. The number of benzene rings is 2. The van der Waals surface area contributed by atoms with Gasteiger partial charge in [-0.1, -0.05) is 37.3 Å². The fourth-order valence-corrected chi connectivity index (χ4v) is 5.44. The van der Waals surface area contributed by atoms with Crippen molar-refractivity contribution in [2.24, 2.45) is 11.8 Å². The van der Waals surface area contributed by atoms with Gasteiger partial charge < -0.3 is 9.80 Å². The van der Waals surface area contributed by atoms with E-state index in [-0.39, 0.29) is 48.4 Å². The zero-order valence-electron chi connectivity index (χ0n) is 20.7. The Labute approximate surface area is 216 Å². The highest BCUT2D eigenvalue weighted by Gasteiger charge is 2.34. The van der Waals surface area contributed by atoms with Crippen LogP contribution in [0.5, 0.6) is 0 Å². The molecule has 2 aliphatic rings. The van der Waals surface area contributed by atoms with Crippen LogP contribution < -0.4 is 4.90 Å². The molecule has 0 saturated carbocycles. The lowest BCUT2D eigenvalue weighted by atomic mass is 9.84. The van der Waals surface area contributed by atoms with Gasteiger partial charge in [0.1, 0.15) is 5.82 Å². The van der Waals surface area contributed by atoms with E-state index in [0.717, 1.165) is 61.5 Å². The molecule has 2 atom stereocenters. The second-order valence-corrected chi connectivity index (χ2v) is 9.90. The number of carbonyl (C=O) groups excluding carboxylic acids is 1. The SMILES string of the molecule is Cc1cc(CN2CCN(C)CC2)cc(C)c1N1C[C@@H](Cc2ccccc2F)C[C@@H](C)C1=O.Cl.Cl. The summed E-state index contributed by atoms with van der Waals surface area (Å²) in [5.74, 6) is 0.241. The molecule has 0 unspecified atom stereocenters. The Morgan fingerprint density at radius 3 is 2.24 bits per heavy atom. The van der Waals surface area contributed by atoms with Crippen molar-refractivity contribution in [3.63, 3.8) is 0 Å². The van der Waals surface area contributed by atoms with Crippen molar-refractivity contribution in [3.05, 3.63) is 64.5 Å². The molecule has 2 aromatic rings. The first-order valence-corrected chi connectivity index (χ1v) is 11.9. The normalized spacial score (nSPS) is 21.7. The van der Waals surface area contributed by atoms with Gasteiger partial charge in [-0.05, 0) is 68.0 Å². The number of halogens is 3. The maximum atomic E-state index is 14.2. The Kier molecular flexibility index (Phi) is 10.4. The zero-order chi connectivity index (χ0) is 22.8. The van der Waals surface area contributed by atoms with Crippen molar-refractivity contribution in [1.82, 2.24) is 9.80 Å². The van der Waals surface area contributed by atoms with Gasteiger partial charge in [0.25, 0.3) is 0 Å². The number of hydrogen-bond donors (Lipinski definition) is 0. The minimum atomic E-state index is -0.149. The minimum absolute atomic E-state index is 0. The number of piperazine rings is 1. The fourth-order valence-electron chi connectivity index (χ4n) is 5.44. The largest absolute Gasteiger partial charge is 0.311 e. The van der Waals surface area contributed by atoms with Gasteiger partial charge in [-0.25, -0.2) is 4.39 Å². The molecule has 0 N–H and O–H groups in total. The highest BCUT2D eigenvalue weighted by Crippen LogP contribution is 2.34. The molecule has 2 saturated heterocycles. The molecule has 0 aromatic heterocycles. The first-order valence-electron chi connectivity index (χ1n) is 11.9. The maximum Gasteiger partial charge on any atom is 0.229 e. The molecule has 2 fully saturated rings. The van der Waals surface area contributed by atoms with Crippen LogP contribution in [0.3, 0.4) is 0 Å². The third-order valence-electron chi connectivity index (χ3n) is 7.10. The molecular weight excluding hydrogens is 472 g/mol. The molecule has 2 heterocycles. The van der Waals surface area contributed by atoms with Crippen molar-refractivity contribution < 1.29 is 9.18 Å². The van der Waals surface area contributed by atoms with E-state index in [4.69, 9.17) is 0 Å². The summed E-state index contributed by atoms with van der Waals surface area (Å²) in [6.45, 7) is 12.3. The van der Waals surface area contributed by atoms with Gasteiger partial charge in [-0.2, -0.15) is 0 Å². The Morgan fingerprint density at radius 1 is 1.00 bits per heavy atom. The average molecular weight is 511 g/mol. The van der Waals surface area contributed by atoms with Crippen LogP contribution in [0.1, 0.15) is 35.6 Å². The molecule has 0 radical (unpaired) electrons. The number of amides is 1. The molecule has 0 spiro atoms. The molecule has 4 nitrogen and oxygen atoms in total. The second-order valence-electron chi connectivity index (χ2n) is 9.90. The van der Waals surface area contributed by atoms with Crippen LogP contribution in [0.4, 0.5) is 10.1 Å². The first kappa shape index (κ1) is 28.6. The van der Waals surface area contributed by atoms with E-state index in [1.165, 1.54) is 11.6 Å². The monoisotopic (exact) mass is 509 g/mol. The summed E-state index contributed by atoms with van der Waals surface area (Å²) in [6.07, 6.45) is 1.48. The second kappa shape index (κ2) is 12.3. The van der Waals surface area contributed by atoms with Crippen molar-refractivity contribution in [2.75, 3.05) is 44.7 Å². The molecule has 0 bridgehead atoms. The Morgan fingerprint density at radius 2 is 1.62 bits per heavy atom. The Balaban J connectivity index is 0.00000204. The van der Waals surface area contributed by atoms with Crippen LogP contribution in [-0.2, 0) is 17.8 Å². The van der Waals surface area contributed by atoms with Gasteiger partial charge in [0.05, 0.1) is 0 Å². The van der Waals surface area contributed by atoms with E-state index in [1.807, 2.05) is 24.0 Å². The summed E-state index contributed by atoms with van der Waals surface area (Å²) in [5.41, 5.74) is 5.41. The van der Waals surface area contributed by atoms with Gasteiger partial charge in [-0.15, -0.1) is 24.8 Å². The number of piperidine rings is 1. The van der Waals surface area contributed by atoms with Crippen LogP contribution in [-0.4, -0.2) is 55.5 Å². The number of carbonyl (C=O) groups is 1. The molecule has 34 heavy (non-hydrogen) atoms. The smallest absolute Gasteiger partial charge is 0.229 e. The van der Waals surface area contributed by atoms with Gasteiger partial charge >= 0.3 is 0 Å². The number of anilines is 1. The van der Waals surface area contributed by atoms with E-state index < -0.39 is 0 Å². The standard InChI is InChI=1S/C27H36FN3O.2ClH/c1-19-13-22(17-30-11-9-29(4)10-12-30)14-20(2)26(19)31-18-23(15-21(3)27(31)32)16-24-7-5-6-8-25(24)28;;/h5-8,13-14,21,23H,9-12,15-18H2,1-4H3;2*1H/t21-,23-;;/m1../s1. The molecule has 188 valence electrons. The molecule has 0 aliphatic carbocycles. The first-order chi connectivity index (χ1) is 15.3. The topological polar surface area (TPSA) is 26.8 Å². The van der Waals surface area contributed by atoms with E-state index >= 15 is 0 Å². The zero-order valence-corrected chi connectivity index (χ0v) is 22.4. The predicted molar refractivity (Wildman–Crippen MR) is 143 cm³/mol. The highest BCUT2D eigenvalue weighted by atomic mass is 35.5. The van der Waals surface area contributed by atoms with Gasteiger partial charge in [-0.3, -0.25) is 9.69 Å². The van der Waals surface area contributed by atoms with E-state index in [0.29, 0.717) is 13.0 Å². The van der Waals surface area contributed by atoms with E-state index in [1.54, 1.807) is 6.07 Å². The third kappa shape index (κ3) is 6.51. The summed E-state index contributed by atoms with van der Waals surface area (Å²) in [6, 6.07) is 11.5. The lowest BCUT2D eigenvalue weighted by molar-refractivity contribution is -0.124. The number of hydrogen-bond acceptors (Lipinski definition) is 3. The van der Waals surface area contributed by atoms with Crippen molar-refractivity contribution in [1.29, 1.82) is 0 Å². The van der Waals surface area contributed by atoms with E-state index in [2.05, 4.69) is 42.8 Å². The Bertz CT molecular complexity index is 955. The quantitative estimate of drug-likeness (QED) is 0.549. The predicted octanol–water partition coefficient (Wildman–Crippen LogP) is 5.27. The number of nitrogens with zero attached hydrogens (tertiary/aromatic N) is 3. The molecular formula is C27H38Cl2FN3O. The molecule has 7 heteroatoms. The van der Waals surface area contributed by atoms with Gasteiger partial charge in [0, 0.05) is 50.9 Å². The summed E-state index contributed by atoms with van der Waals surface area (Å²) in [4.78, 5) is 20.0. The van der Waals surface area contributed by atoms with Crippen molar-refractivity contribution >= 4 is 36.4 Å². The maximum absolute atomic E-state index is 14.2. The van der Waals surface area contributed by atoms with Crippen molar-refractivity contribution in [3.8, 4) is 0 Å². The van der Waals surface area contributed by atoms with Crippen LogP contribution in [0.2, 0.25) is 0 Å².